The molecule has 1 amide bonds. The molecule has 84 valence electrons. The summed E-state index contributed by atoms with van der Waals surface area (Å²) < 4.78 is 0. The van der Waals surface area contributed by atoms with Crippen molar-refractivity contribution in [3.63, 3.8) is 0 Å². The van der Waals surface area contributed by atoms with Crippen LogP contribution >= 0.6 is 0 Å². The SMILES string of the molecule is O=CNc1ccccc1/C=C/c1ccccc1. The maximum absolute atomic E-state index is 10.5. The van der Waals surface area contributed by atoms with E-state index in [0.717, 1.165) is 16.8 Å². The second-order valence-corrected chi connectivity index (χ2v) is 3.59. The predicted octanol–water partition coefficient (Wildman–Crippen LogP) is 3.43. The van der Waals surface area contributed by atoms with Crippen LogP contribution in [0.25, 0.3) is 12.2 Å². The lowest BCUT2D eigenvalue weighted by molar-refractivity contribution is -0.105. The number of hydrogen-bond donors (Lipinski definition) is 1. The molecule has 0 fully saturated rings. The molecule has 0 radical (unpaired) electrons. The average molecular weight is 223 g/mol. The minimum Gasteiger partial charge on any atom is -0.328 e. The molecule has 0 atom stereocenters. The van der Waals surface area contributed by atoms with Gasteiger partial charge in [0.25, 0.3) is 0 Å². The largest absolute Gasteiger partial charge is 0.328 e. The average Bonchev–Trinajstić information content (AvgIpc) is 2.39. The van der Waals surface area contributed by atoms with Gasteiger partial charge in [-0.15, -0.1) is 0 Å². The molecule has 2 aromatic carbocycles. The molecule has 0 saturated heterocycles. The van der Waals surface area contributed by atoms with E-state index < -0.39 is 0 Å². The summed E-state index contributed by atoms with van der Waals surface area (Å²) in [6, 6.07) is 17.7. The number of carbonyl (C=O) groups is 1. The van der Waals surface area contributed by atoms with E-state index in [4.69, 9.17) is 0 Å². The van der Waals surface area contributed by atoms with Gasteiger partial charge in [-0.1, -0.05) is 60.7 Å². The number of nitrogens with one attached hydrogen (secondary N) is 1. The zero-order valence-corrected chi connectivity index (χ0v) is 9.34. The lowest BCUT2D eigenvalue weighted by Gasteiger charge is -2.03. The zero-order chi connectivity index (χ0) is 11.9. The minimum absolute atomic E-state index is 0.690. The van der Waals surface area contributed by atoms with Crippen LogP contribution in [0.1, 0.15) is 11.1 Å². The number of amides is 1. The third-order valence-electron chi connectivity index (χ3n) is 2.43. The van der Waals surface area contributed by atoms with Crippen molar-refractivity contribution in [1.82, 2.24) is 0 Å². The van der Waals surface area contributed by atoms with Crippen molar-refractivity contribution >= 4 is 24.2 Å². The Morgan fingerprint density at radius 1 is 0.824 bits per heavy atom. The number of hydrogen-bond acceptors (Lipinski definition) is 1. The number of anilines is 1. The molecule has 0 heterocycles. The summed E-state index contributed by atoms with van der Waals surface area (Å²) in [7, 11) is 0. The smallest absolute Gasteiger partial charge is 0.211 e. The highest BCUT2D eigenvalue weighted by Gasteiger charge is 1.95. The fourth-order valence-electron chi connectivity index (χ4n) is 1.59. The lowest BCUT2D eigenvalue weighted by Crippen LogP contribution is -1.95. The highest BCUT2D eigenvalue weighted by molar-refractivity contribution is 5.82. The van der Waals surface area contributed by atoms with Gasteiger partial charge in [-0.2, -0.15) is 0 Å². The molecule has 2 nitrogen and oxygen atoms in total. The molecule has 0 saturated carbocycles. The summed E-state index contributed by atoms with van der Waals surface area (Å²) in [6.45, 7) is 0. The summed E-state index contributed by atoms with van der Waals surface area (Å²) in [5, 5.41) is 2.68. The lowest BCUT2D eigenvalue weighted by atomic mass is 10.1. The Labute approximate surface area is 101 Å². The number of rotatable bonds is 4. The van der Waals surface area contributed by atoms with E-state index in [2.05, 4.69) is 5.32 Å². The maximum Gasteiger partial charge on any atom is 0.211 e. The van der Waals surface area contributed by atoms with E-state index in [1.165, 1.54) is 0 Å². The summed E-state index contributed by atoms with van der Waals surface area (Å²) in [5.41, 5.74) is 2.94. The van der Waals surface area contributed by atoms with Crippen LogP contribution in [0.5, 0.6) is 0 Å². The minimum atomic E-state index is 0.690. The second-order valence-electron chi connectivity index (χ2n) is 3.59. The third kappa shape index (κ3) is 3.05. The maximum atomic E-state index is 10.5. The molecule has 2 aromatic rings. The Balaban J connectivity index is 2.24. The van der Waals surface area contributed by atoms with Crippen molar-refractivity contribution in [3.8, 4) is 0 Å². The first-order valence-electron chi connectivity index (χ1n) is 5.42. The molecular formula is C15H13NO. The fraction of sp³-hybridized carbons (Fsp3) is 0. The van der Waals surface area contributed by atoms with Crippen molar-refractivity contribution in [1.29, 1.82) is 0 Å². The van der Waals surface area contributed by atoms with E-state index in [9.17, 15) is 4.79 Å². The summed E-state index contributed by atoms with van der Waals surface area (Å²) >= 11 is 0. The molecule has 0 unspecified atom stereocenters. The van der Waals surface area contributed by atoms with Crippen LogP contribution in [0, 0.1) is 0 Å². The zero-order valence-electron chi connectivity index (χ0n) is 9.34. The van der Waals surface area contributed by atoms with Crippen molar-refractivity contribution in [2.45, 2.75) is 0 Å². The first kappa shape index (κ1) is 11.1. The molecule has 1 N–H and O–H groups in total. The van der Waals surface area contributed by atoms with Gasteiger partial charge in [0.15, 0.2) is 0 Å². The van der Waals surface area contributed by atoms with Gasteiger partial charge in [-0.3, -0.25) is 4.79 Å². The Bertz CT molecular complexity index is 517. The van der Waals surface area contributed by atoms with Gasteiger partial charge in [-0.25, -0.2) is 0 Å². The molecule has 17 heavy (non-hydrogen) atoms. The molecule has 0 aliphatic carbocycles. The van der Waals surface area contributed by atoms with E-state index in [1.54, 1.807) is 0 Å². The van der Waals surface area contributed by atoms with Crippen LogP contribution in [-0.2, 0) is 4.79 Å². The summed E-state index contributed by atoms with van der Waals surface area (Å²) in [4.78, 5) is 10.5. The van der Waals surface area contributed by atoms with Crippen molar-refractivity contribution in [2.24, 2.45) is 0 Å². The van der Waals surface area contributed by atoms with Crippen LogP contribution in [0.3, 0.4) is 0 Å². The van der Waals surface area contributed by atoms with Crippen molar-refractivity contribution < 1.29 is 4.79 Å². The number of para-hydroxylation sites is 1. The van der Waals surface area contributed by atoms with Crippen LogP contribution < -0.4 is 5.32 Å². The quantitative estimate of drug-likeness (QED) is 0.624. The molecule has 0 aliphatic rings. The molecule has 0 aliphatic heterocycles. The van der Waals surface area contributed by atoms with E-state index in [0.29, 0.717) is 6.41 Å². The first-order valence-corrected chi connectivity index (χ1v) is 5.42. The molecule has 0 spiro atoms. The van der Waals surface area contributed by atoms with Gasteiger partial charge >= 0.3 is 0 Å². The van der Waals surface area contributed by atoms with E-state index in [-0.39, 0.29) is 0 Å². The van der Waals surface area contributed by atoms with Crippen LogP contribution in [0.4, 0.5) is 5.69 Å². The van der Waals surface area contributed by atoms with Gasteiger partial charge in [0.05, 0.1) is 0 Å². The van der Waals surface area contributed by atoms with Crippen LogP contribution in [0.15, 0.2) is 54.6 Å². The highest BCUT2D eigenvalue weighted by Crippen LogP contribution is 2.17. The monoisotopic (exact) mass is 223 g/mol. The third-order valence-corrected chi connectivity index (χ3v) is 2.43. The Morgan fingerprint density at radius 3 is 2.29 bits per heavy atom. The van der Waals surface area contributed by atoms with E-state index >= 15 is 0 Å². The first-order chi connectivity index (χ1) is 8.40. The van der Waals surface area contributed by atoms with Crippen LogP contribution in [-0.4, -0.2) is 6.41 Å². The molecule has 2 rings (SSSR count). The predicted molar refractivity (Wildman–Crippen MR) is 71.5 cm³/mol. The van der Waals surface area contributed by atoms with Gasteiger partial charge in [0.2, 0.25) is 6.41 Å². The van der Waals surface area contributed by atoms with Gasteiger partial charge in [0.1, 0.15) is 0 Å². The second kappa shape index (κ2) is 5.66. The number of benzene rings is 2. The van der Waals surface area contributed by atoms with Crippen LogP contribution in [0.2, 0.25) is 0 Å². The molecule has 2 heteroatoms. The molecular weight excluding hydrogens is 210 g/mol. The van der Waals surface area contributed by atoms with E-state index in [1.807, 2.05) is 66.7 Å². The molecule has 0 aromatic heterocycles. The normalized spacial score (nSPS) is 10.4. The Hall–Kier alpha value is -2.35. The van der Waals surface area contributed by atoms with Gasteiger partial charge in [0, 0.05) is 5.69 Å². The van der Waals surface area contributed by atoms with Gasteiger partial charge in [-0.05, 0) is 17.2 Å². The Morgan fingerprint density at radius 2 is 1.53 bits per heavy atom. The standard InChI is InChI=1S/C15H13NO/c17-12-16-15-9-5-4-8-14(15)11-10-13-6-2-1-3-7-13/h1-12H,(H,16,17)/b11-10+. The summed E-state index contributed by atoms with van der Waals surface area (Å²) in [6.07, 6.45) is 4.70. The number of carbonyl (C=O) groups excluding carboxylic acids is 1. The summed E-state index contributed by atoms with van der Waals surface area (Å²) in [5.74, 6) is 0. The fourth-order valence-corrected chi connectivity index (χ4v) is 1.59. The molecule has 0 bridgehead atoms. The topological polar surface area (TPSA) is 29.1 Å². The van der Waals surface area contributed by atoms with Gasteiger partial charge < -0.3 is 5.32 Å². The highest BCUT2D eigenvalue weighted by atomic mass is 16.1. The Kier molecular flexibility index (Phi) is 3.71. The van der Waals surface area contributed by atoms with Crippen molar-refractivity contribution in [2.75, 3.05) is 5.32 Å². The van der Waals surface area contributed by atoms with Crippen molar-refractivity contribution in [3.05, 3.63) is 65.7 Å².